The third-order valence-corrected chi connectivity index (χ3v) is 4.26. The summed E-state index contributed by atoms with van der Waals surface area (Å²) in [6.07, 6.45) is 1.39. The number of amides is 2. The highest BCUT2D eigenvalue weighted by Gasteiger charge is 2.12. The Hall–Kier alpha value is -3.74. The van der Waals surface area contributed by atoms with Gasteiger partial charge in [0.05, 0.1) is 7.11 Å². The molecule has 29 heavy (non-hydrogen) atoms. The molecule has 0 aliphatic rings. The summed E-state index contributed by atoms with van der Waals surface area (Å²) in [6, 6.07) is 16.4. The van der Waals surface area contributed by atoms with E-state index in [2.05, 4.69) is 15.6 Å². The third kappa shape index (κ3) is 5.38. The molecule has 2 aromatic carbocycles. The highest BCUT2D eigenvalue weighted by Crippen LogP contribution is 2.11. The fourth-order valence-electron chi connectivity index (χ4n) is 2.63. The molecule has 0 saturated heterocycles. The minimum atomic E-state index is -0.488. The molecule has 0 bridgehead atoms. The van der Waals surface area contributed by atoms with Crippen molar-refractivity contribution in [3.8, 4) is 5.75 Å². The second kappa shape index (κ2) is 9.45. The Kier molecular flexibility index (Phi) is 6.52. The van der Waals surface area contributed by atoms with Crippen LogP contribution < -0.4 is 15.4 Å². The lowest BCUT2D eigenvalue weighted by molar-refractivity contribution is 0.0945. The Morgan fingerprint density at radius 1 is 0.966 bits per heavy atom. The van der Waals surface area contributed by atoms with Gasteiger partial charge in [0.15, 0.2) is 0 Å². The molecule has 0 fully saturated rings. The lowest BCUT2D eigenvalue weighted by Crippen LogP contribution is -2.26. The van der Waals surface area contributed by atoms with Gasteiger partial charge in [-0.15, -0.1) is 0 Å². The van der Waals surface area contributed by atoms with Gasteiger partial charge in [-0.25, -0.2) is 4.39 Å². The number of nitrogens with one attached hydrogen (secondary N) is 2. The first-order valence-electron chi connectivity index (χ1n) is 8.95. The molecule has 0 radical (unpaired) electrons. The van der Waals surface area contributed by atoms with Gasteiger partial charge in [-0.2, -0.15) is 0 Å². The van der Waals surface area contributed by atoms with E-state index < -0.39 is 11.7 Å². The molecule has 6 nitrogen and oxygen atoms in total. The number of hydrogen-bond donors (Lipinski definition) is 2. The van der Waals surface area contributed by atoms with Gasteiger partial charge in [0.25, 0.3) is 11.8 Å². The zero-order valence-corrected chi connectivity index (χ0v) is 15.8. The Balaban J connectivity index is 1.59. The van der Waals surface area contributed by atoms with Crippen molar-refractivity contribution < 1.29 is 18.7 Å². The fourth-order valence-corrected chi connectivity index (χ4v) is 2.63. The van der Waals surface area contributed by atoms with Crippen molar-refractivity contribution in [2.45, 2.75) is 13.1 Å². The van der Waals surface area contributed by atoms with Crippen molar-refractivity contribution >= 4 is 11.8 Å². The number of halogens is 1. The summed E-state index contributed by atoms with van der Waals surface area (Å²) in [5, 5.41) is 5.40. The first-order valence-corrected chi connectivity index (χ1v) is 8.95. The first-order chi connectivity index (χ1) is 14.1. The normalized spacial score (nSPS) is 10.3. The molecule has 7 heteroatoms. The quantitative estimate of drug-likeness (QED) is 0.647. The van der Waals surface area contributed by atoms with Crippen LogP contribution in [-0.4, -0.2) is 23.9 Å². The molecule has 3 aromatic rings. The summed E-state index contributed by atoms with van der Waals surface area (Å²) in [5.74, 6) is -0.475. The van der Waals surface area contributed by atoms with Crippen LogP contribution >= 0.6 is 0 Å². The molecule has 0 spiro atoms. The molecule has 2 amide bonds. The average Bonchev–Trinajstić information content (AvgIpc) is 2.77. The number of methoxy groups -OCH3 is 1. The van der Waals surface area contributed by atoms with Crippen LogP contribution in [0.1, 0.15) is 32.0 Å². The maximum Gasteiger partial charge on any atom is 0.270 e. The van der Waals surface area contributed by atoms with E-state index in [4.69, 9.17) is 4.74 Å². The van der Waals surface area contributed by atoms with Gasteiger partial charge in [0.1, 0.15) is 17.3 Å². The SMILES string of the molecule is COc1ccc(CNC(=O)c2ccnc(C(=O)NCc3ccccc3F)c2)cc1. The molecule has 1 heterocycles. The summed E-state index contributed by atoms with van der Waals surface area (Å²) >= 11 is 0. The van der Waals surface area contributed by atoms with Crippen molar-refractivity contribution in [3.63, 3.8) is 0 Å². The van der Waals surface area contributed by atoms with Gasteiger partial charge < -0.3 is 15.4 Å². The second-order valence-corrected chi connectivity index (χ2v) is 6.23. The van der Waals surface area contributed by atoms with E-state index in [0.29, 0.717) is 17.7 Å². The van der Waals surface area contributed by atoms with Crippen LogP contribution in [0.5, 0.6) is 5.75 Å². The number of carbonyl (C=O) groups is 2. The van der Waals surface area contributed by atoms with Gasteiger partial charge in [-0.1, -0.05) is 30.3 Å². The van der Waals surface area contributed by atoms with Crippen molar-refractivity contribution in [2.24, 2.45) is 0 Å². The van der Waals surface area contributed by atoms with Crippen LogP contribution in [-0.2, 0) is 13.1 Å². The topological polar surface area (TPSA) is 80.3 Å². The van der Waals surface area contributed by atoms with Gasteiger partial charge in [-0.3, -0.25) is 14.6 Å². The largest absolute Gasteiger partial charge is 0.497 e. The van der Waals surface area contributed by atoms with E-state index in [-0.39, 0.29) is 18.1 Å². The highest BCUT2D eigenvalue weighted by molar-refractivity contribution is 5.98. The number of carbonyl (C=O) groups excluding carboxylic acids is 2. The van der Waals surface area contributed by atoms with Gasteiger partial charge in [-0.05, 0) is 35.9 Å². The maximum absolute atomic E-state index is 13.7. The summed E-state index contributed by atoms with van der Waals surface area (Å²) < 4.78 is 18.8. The maximum atomic E-state index is 13.7. The minimum Gasteiger partial charge on any atom is -0.497 e. The lowest BCUT2D eigenvalue weighted by atomic mass is 10.1. The zero-order valence-electron chi connectivity index (χ0n) is 15.8. The molecule has 0 aliphatic carbocycles. The smallest absolute Gasteiger partial charge is 0.270 e. The Bertz CT molecular complexity index is 1010. The Morgan fingerprint density at radius 3 is 2.41 bits per heavy atom. The van der Waals surface area contributed by atoms with Gasteiger partial charge in [0.2, 0.25) is 0 Å². The van der Waals surface area contributed by atoms with E-state index >= 15 is 0 Å². The molecule has 2 N–H and O–H groups in total. The lowest BCUT2D eigenvalue weighted by Gasteiger charge is -2.08. The zero-order chi connectivity index (χ0) is 20.6. The van der Waals surface area contributed by atoms with Crippen molar-refractivity contribution in [1.29, 1.82) is 0 Å². The van der Waals surface area contributed by atoms with Crippen LogP contribution in [0.2, 0.25) is 0 Å². The third-order valence-electron chi connectivity index (χ3n) is 4.26. The first kappa shape index (κ1) is 20.0. The molecule has 0 atom stereocenters. The summed E-state index contributed by atoms with van der Waals surface area (Å²) in [4.78, 5) is 28.7. The number of pyridine rings is 1. The van der Waals surface area contributed by atoms with Crippen LogP contribution in [0.4, 0.5) is 4.39 Å². The van der Waals surface area contributed by atoms with Crippen molar-refractivity contribution in [3.05, 3.63) is 95.1 Å². The fraction of sp³-hybridized carbons (Fsp3) is 0.136. The predicted molar refractivity (Wildman–Crippen MR) is 106 cm³/mol. The molecule has 0 unspecified atom stereocenters. The minimum absolute atomic E-state index is 0.0288. The van der Waals surface area contributed by atoms with Gasteiger partial charge in [0, 0.05) is 30.4 Å². The predicted octanol–water partition coefficient (Wildman–Crippen LogP) is 3.09. The van der Waals surface area contributed by atoms with Crippen LogP contribution in [0.15, 0.2) is 66.9 Å². The molecular weight excluding hydrogens is 373 g/mol. The number of rotatable bonds is 7. The van der Waals surface area contributed by atoms with E-state index in [0.717, 1.165) is 11.3 Å². The number of hydrogen-bond acceptors (Lipinski definition) is 4. The van der Waals surface area contributed by atoms with Crippen LogP contribution in [0.3, 0.4) is 0 Å². The Labute approximate surface area is 167 Å². The Morgan fingerprint density at radius 2 is 1.69 bits per heavy atom. The molecular formula is C22H20FN3O3. The number of benzene rings is 2. The van der Waals surface area contributed by atoms with E-state index in [1.165, 1.54) is 24.4 Å². The summed E-state index contributed by atoms with van der Waals surface area (Å²) in [5.41, 5.74) is 1.67. The monoisotopic (exact) mass is 393 g/mol. The van der Waals surface area contributed by atoms with Crippen molar-refractivity contribution in [1.82, 2.24) is 15.6 Å². The standard InChI is InChI=1S/C22H20FN3O3/c1-29-18-8-6-15(7-9-18)13-25-21(27)16-10-11-24-20(12-16)22(28)26-14-17-4-2-3-5-19(17)23/h2-12H,13-14H2,1H3,(H,25,27)(H,26,28). The van der Waals surface area contributed by atoms with E-state index in [1.54, 1.807) is 25.3 Å². The molecule has 1 aromatic heterocycles. The van der Waals surface area contributed by atoms with Crippen LogP contribution in [0.25, 0.3) is 0 Å². The molecule has 0 saturated carbocycles. The molecule has 0 aliphatic heterocycles. The summed E-state index contributed by atoms with van der Waals surface area (Å²) in [6.45, 7) is 0.362. The second-order valence-electron chi connectivity index (χ2n) is 6.23. The number of nitrogens with zero attached hydrogens (tertiary/aromatic N) is 1. The average molecular weight is 393 g/mol. The molecule has 148 valence electrons. The van der Waals surface area contributed by atoms with Gasteiger partial charge >= 0.3 is 0 Å². The van der Waals surface area contributed by atoms with E-state index in [9.17, 15) is 14.0 Å². The van der Waals surface area contributed by atoms with Crippen molar-refractivity contribution in [2.75, 3.05) is 7.11 Å². The number of aromatic nitrogens is 1. The number of ether oxygens (including phenoxy) is 1. The van der Waals surface area contributed by atoms with E-state index in [1.807, 2.05) is 24.3 Å². The summed E-state index contributed by atoms with van der Waals surface area (Å²) in [7, 11) is 1.59. The van der Waals surface area contributed by atoms with Crippen LogP contribution in [0, 0.1) is 5.82 Å². The highest BCUT2D eigenvalue weighted by atomic mass is 19.1. The molecule has 3 rings (SSSR count).